The van der Waals surface area contributed by atoms with E-state index in [0.717, 1.165) is 5.56 Å². The molecule has 0 aromatic heterocycles. The van der Waals surface area contributed by atoms with Crippen molar-refractivity contribution in [3.05, 3.63) is 35.9 Å². The fourth-order valence-electron chi connectivity index (χ4n) is 3.48. The summed E-state index contributed by atoms with van der Waals surface area (Å²) in [5.41, 5.74) is 17.3. The van der Waals surface area contributed by atoms with Crippen LogP contribution in [-0.2, 0) is 20.8 Å². The van der Waals surface area contributed by atoms with Gasteiger partial charge >= 0.3 is 5.97 Å². The molecule has 1 fully saturated rings. The van der Waals surface area contributed by atoms with Crippen molar-refractivity contribution in [3.8, 4) is 0 Å². The minimum Gasteiger partial charge on any atom is -0.480 e. The van der Waals surface area contributed by atoms with Crippen LogP contribution in [0, 0.1) is 0 Å². The molecule has 1 aliphatic rings. The molecular weight excluding hydrogens is 388 g/mol. The first-order chi connectivity index (χ1) is 14.3. The summed E-state index contributed by atoms with van der Waals surface area (Å²) in [6.07, 6.45) is 2.20. The van der Waals surface area contributed by atoms with Crippen molar-refractivity contribution < 1.29 is 19.5 Å². The highest BCUT2D eigenvalue weighted by Crippen LogP contribution is 2.19. The van der Waals surface area contributed by atoms with Gasteiger partial charge in [-0.1, -0.05) is 30.3 Å². The summed E-state index contributed by atoms with van der Waals surface area (Å²) >= 11 is 0. The Balaban J connectivity index is 1.95. The second-order valence-corrected chi connectivity index (χ2v) is 7.33. The molecule has 2 amide bonds. The van der Waals surface area contributed by atoms with Crippen LogP contribution in [0.5, 0.6) is 0 Å². The van der Waals surface area contributed by atoms with Crippen LogP contribution < -0.4 is 22.5 Å². The van der Waals surface area contributed by atoms with Crippen LogP contribution in [0.4, 0.5) is 0 Å². The number of guanidine groups is 1. The maximum absolute atomic E-state index is 12.8. The molecule has 0 saturated carbocycles. The van der Waals surface area contributed by atoms with Gasteiger partial charge in [0.15, 0.2) is 5.96 Å². The quantitative estimate of drug-likeness (QED) is 0.187. The summed E-state index contributed by atoms with van der Waals surface area (Å²) in [4.78, 5) is 42.4. The third kappa shape index (κ3) is 6.73. The van der Waals surface area contributed by atoms with Gasteiger partial charge in [0.1, 0.15) is 12.1 Å². The van der Waals surface area contributed by atoms with Crippen LogP contribution >= 0.6 is 0 Å². The molecule has 3 atom stereocenters. The lowest BCUT2D eigenvalue weighted by molar-refractivity contribution is -0.144. The van der Waals surface area contributed by atoms with Gasteiger partial charge in [0.05, 0.1) is 6.04 Å². The maximum Gasteiger partial charge on any atom is 0.326 e. The van der Waals surface area contributed by atoms with E-state index in [1.807, 2.05) is 18.2 Å². The highest BCUT2D eigenvalue weighted by molar-refractivity contribution is 5.92. The molecule has 0 radical (unpaired) electrons. The fourth-order valence-corrected chi connectivity index (χ4v) is 3.48. The zero-order chi connectivity index (χ0) is 22.1. The Hall–Kier alpha value is -3.14. The molecule has 10 nitrogen and oxygen atoms in total. The highest BCUT2D eigenvalue weighted by atomic mass is 16.4. The SMILES string of the molecule is NC(N)=NCCCC(N)C(=O)N1CCCC1C(=O)NC(Cc1ccccc1)C(=O)O. The van der Waals surface area contributed by atoms with E-state index in [4.69, 9.17) is 17.2 Å². The van der Waals surface area contributed by atoms with Gasteiger partial charge in [-0.25, -0.2) is 4.79 Å². The number of aliphatic imine (C=N–C) groups is 1. The Morgan fingerprint density at radius 1 is 1.23 bits per heavy atom. The molecule has 2 rings (SSSR count). The molecule has 164 valence electrons. The molecule has 0 aliphatic carbocycles. The summed E-state index contributed by atoms with van der Waals surface area (Å²) in [6, 6.07) is 6.48. The van der Waals surface area contributed by atoms with Gasteiger partial charge in [0, 0.05) is 19.5 Å². The second-order valence-electron chi connectivity index (χ2n) is 7.33. The van der Waals surface area contributed by atoms with Crippen molar-refractivity contribution in [2.24, 2.45) is 22.2 Å². The van der Waals surface area contributed by atoms with Crippen LogP contribution in [0.25, 0.3) is 0 Å². The van der Waals surface area contributed by atoms with Gasteiger partial charge in [0.2, 0.25) is 11.8 Å². The zero-order valence-electron chi connectivity index (χ0n) is 16.9. The molecule has 1 heterocycles. The lowest BCUT2D eigenvalue weighted by Crippen LogP contribution is -2.54. The van der Waals surface area contributed by atoms with E-state index in [-0.39, 0.29) is 18.3 Å². The first-order valence-corrected chi connectivity index (χ1v) is 9.98. The molecule has 30 heavy (non-hydrogen) atoms. The molecule has 0 spiro atoms. The van der Waals surface area contributed by atoms with Crippen molar-refractivity contribution >= 4 is 23.7 Å². The molecule has 10 heteroatoms. The van der Waals surface area contributed by atoms with Crippen molar-refractivity contribution in [1.82, 2.24) is 10.2 Å². The number of likely N-dealkylation sites (tertiary alicyclic amines) is 1. The second kappa shape index (κ2) is 11.1. The Morgan fingerprint density at radius 2 is 1.93 bits per heavy atom. The average Bonchev–Trinajstić information content (AvgIpc) is 3.20. The molecular formula is C20H30N6O4. The number of carbonyl (C=O) groups excluding carboxylic acids is 2. The van der Waals surface area contributed by atoms with Crippen molar-refractivity contribution in [2.75, 3.05) is 13.1 Å². The van der Waals surface area contributed by atoms with E-state index in [9.17, 15) is 19.5 Å². The van der Waals surface area contributed by atoms with Gasteiger partial charge < -0.3 is 32.5 Å². The molecule has 1 aromatic carbocycles. The number of carboxylic acid groups (broad SMARTS) is 1. The van der Waals surface area contributed by atoms with Gasteiger partial charge in [-0.2, -0.15) is 0 Å². The molecule has 0 bridgehead atoms. The van der Waals surface area contributed by atoms with E-state index in [2.05, 4.69) is 10.3 Å². The van der Waals surface area contributed by atoms with E-state index < -0.39 is 30.0 Å². The summed E-state index contributed by atoms with van der Waals surface area (Å²) in [5.74, 6) is -1.95. The fraction of sp³-hybridized carbons (Fsp3) is 0.500. The molecule has 8 N–H and O–H groups in total. The number of nitrogens with two attached hydrogens (primary N) is 3. The lowest BCUT2D eigenvalue weighted by atomic mass is 10.0. The van der Waals surface area contributed by atoms with Gasteiger partial charge in [-0.15, -0.1) is 0 Å². The van der Waals surface area contributed by atoms with Crippen LogP contribution in [0.3, 0.4) is 0 Å². The minimum atomic E-state index is -1.13. The Bertz CT molecular complexity index is 766. The highest BCUT2D eigenvalue weighted by Gasteiger charge is 2.37. The number of hydrogen-bond acceptors (Lipinski definition) is 5. The molecule has 1 aromatic rings. The number of hydrogen-bond donors (Lipinski definition) is 5. The number of nitrogens with one attached hydrogen (secondary N) is 1. The normalized spacial score (nSPS) is 17.8. The average molecular weight is 418 g/mol. The van der Waals surface area contributed by atoms with Gasteiger partial charge in [-0.3, -0.25) is 14.6 Å². The Labute approximate surface area is 175 Å². The Kier molecular flexibility index (Phi) is 8.60. The van der Waals surface area contributed by atoms with E-state index in [1.54, 1.807) is 12.1 Å². The number of carbonyl (C=O) groups is 3. The van der Waals surface area contributed by atoms with Crippen LogP contribution in [-0.4, -0.2) is 65.0 Å². The summed E-state index contributed by atoms with van der Waals surface area (Å²) < 4.78 is 0. The minimum absolute atomic E-state index is 0.0188. The topological polar surface area (TPSA) is 177 Å². The number of rotatable bonds is 10. The third-order valence-corrected chi connectivity index (χ3v) is 5.02. The molecule has 3 unspecified atom stereocenters. The number of benzene rings is 1. The predicted molar refractivity (Wildman–Crippen MR) is 112 cm³/mol. The summed E-state index contributed by atoms with van der Waals surface area (Å²) in [7, 11) is 0. The number of aliphatic carboxylic acids is 1. The van der Waals surface area contributed by atoms with E-state index >= 15 is 0 Å². The number of amides is 2. The van der Waals surface area contributed by atoms with Crippen LogP contribution in [0.15, 0.2) is 35.3 Å². The summed E-state index contributed by atoms with van der Waals surface area (Å²) in [5, 5.41) is 12.1. The van der Waals surface area contributed by atoms with Gasteiger partial charge in [-0.05, 0) is 31.2 Å². The Morgan fingerprint density at radius 3 is 2.57 bits per heavy atom. The van der Waals surface area contributed by atoms with Crippen molar-refractivity contribution in [2.45, 2.75) is 50.2 Å². The summed E-state index contributed by atoms with van der Waals surface area (Å²) in [6.45, 7) is 0.780. The largest absolute Gasteiger partial charge is 0.480 e. The maximum atomic E-state index is 12.8. The lowest BCUT2D eigenvalue weighted by Gasteiger charge is -2.27. The van der Waals surface area contributed by atoms with E-state index in [0.29, 0.717) is 38.8 Å². The molecule has 1 aliphatic heterocycles. The first-order valence-electron chi connectivity index (χ1n) is 9.98. The zero-order valence-corrected chi connectivity index (χ0v) is 16.9. The van der Waals surface area contributed by atoms with E-state index in [1.165, 1.54) is 4.90 Å². The first kappa shape index (κ1) is 23.1. The third-order valence-electron chi connectivity index (χ3n) is 5.02. The monoisotopic (exact) mass is 418 g/mol. The predicted octanol–water partition coefficient (Wildman–Crippen LogP) is -0.830. The molecule has 1 saturated heterocycles. The number of carboxylic acids is 1. The smallest absolute Gasteiger partial charge is 0.326 e. The number of nitrogens with zero attached hydrogens (tertiary/aromatic N) is 2. The standard InChI is InChI=1S/C20H30N6O4/c21-14(8-4-10-24-20(22)23)18(28)26-11-5-9-16(26)17(27)25-15(19(29)30)12-13-6-2-1-3-7-13/h1-3,6-7,14-16H,4-5,8-12,21H2,(H,25,27)(H,29,30)(H4,22,23,24). The van der Waals surface area contributed by atoms with Crippen molar-refractivity contribution in [1.29, 1.82) is 0 Å². The van der Waals surface area contributed by atoms with Crippen molar-refractivity contribution in [3.63, 3.8) is 0 Å². The van der Waals surface area contributed by atoms with Gasteiger partial charge in [0.25, 0.3) is 0 Å². The van der Waals surface area contributed by atoms with Crippen LogP contribution in [0.2, 0.25) is 0 Å². The van der Waals surface area contributed by atoms with Crippen LogP contribution in [0.1, 0.15) is 31.2 Å².